The number of methoxy groups -OCH3 is 1. The molecular weight excluding hydrogens is 418 g/mol. The quantitative estimate of drug-likeness (QED) is 0.372. The zero-order valence-corrected chi connectivity index (χ0v) is 18.6. The highest BCUT2D eigenvalue weighted by Gasteiger charge is 2.45. The second kappa shape index (κ2) is 9.98. The summed E-state index contributed by atoms with van der Waals surface area (Å²) in [7, 11) is 1.53. The summed E-state index contributed by atoms with van der Waals surface area (Å²) in [6, 6.07) is 11.7. The number of benzene rings is 2. The number of carbonyl (C=O) groups excluding carboxylic acids is 2. The summed E-state index contributed by atoms with van der Waals surface area (Å²) in [5, 5.41) is 11.4. The predicted molar refractivity (Wildman–Crippen MR) is 119 cm³/mol. The molecular formula is C24H26ClNO5. The van der Waals surface area contributed by atoms with Gasteiger partial charge in [0.2, 0.25) is 0 Å². The van der Waals surface area contributed by atoms with Gasteiger partial charge >= 0.3 is 0 Å². The third-order valence-corrected chi connectivity index (χ3v) is 5.58. The van der Waals surface area contributed by atoms with Crippen molar-refractivity contribution in [1.29, 1.82) is 0 Å². The van der Waals surface area contributed by atoms with Crippen molar-refractivity contribution in [3.05, 3.63) is 69.8 Å². The fourth-order valence-corrected chi connectivity index (χ4v) is 3.89. The largest absolute Gasteiger partial charge is 0.507 e. The number of hydrogen-bond donors (Lipinski definition) is 1. The number of amides is 1. The van der Waals surface area contributed by atoms with Crippen LogP contribution in [0, 0.1) is 0 Å². The first-order valence-electron chi connectivity index (χ1n) is 10.2. The van der Waals surface area contributed by atoms with E-state index in [9.17, 15) is 14.7 Å². The molecule has 1 aliphatic heterocycles. The average Bonchev–Trinajstić information content (AvgIpc) is 3.03. The highest BCUT2D eigenvalue weighted by atomic mass is 35.5. The van der Waals surface area contributed by atoms with E-state index in [0.717, 1.165) is 17.5 Å². The Balaban J connectivity index is 2.12. The monoisotopic (exact) mass is 443 g/mol. The maximum absolute atomic E-state index is 12.9. The Hall–Kier alpha value is -2.83. The van der Waals surface area contributed by atoms with E-state index in [2.05, 4.69) is 6.92 Å². The van der Waals surface area contributed by atoms with Crippen LogP contribution in [0.1, 0.15) is 36.6 Å². The van der Waals surface area contributed by atoms with Gasteiger partial charge in [0.25, 0.3) is 11.7 Å². The van der Waals surface area contributed by atoms with Crippen molar-refractivity contribution in [1.82, 2.24) is 4.90 Å². The number of Topliss-reactive ketones (excluding diaryl/α,β-unsaturated/α-hetero) is 1. The molecule has 1 unspecified atom stereocenters. The lowest BCUT2D eigenvalue weighted by Crippen LogP contribution is -2.32. The van der Waals surface area contributed by atoms with Crippen LogP contribution in [0.5, 0.6) is 5.75 Å². The molecule has 3 rings (SSSR count). The van der Waals surface area contributed by atoms with Crippen molar-refractivity contribution in [2.75, 3.05) is 26.9 Å². The summed E-state index contributed by atoms with van der Waals surface area (Å²) < 4.78 is 10.6. The van der Waals surface area contributed by atoms with E-state index in [1.165, 1.54) is 18.1 Å². The third kappa shape index (κ3) is 4.60. The molecule has 0 spiro atoms. The number of ether oxygens (including phenoxy) is 2. The van der Waals surface area contributed by atoms with E-state index in [4.69, 9.17) is 21.1 Å². The molecule has 1 fully saturated rings. The lowest BCUT2D eigenvalue weighted by atomic mass is 9.94. The van der Waals surface area contributed by atoms with Crippen molar-refractivity contribution in [3.8, 4) is 5.75 Å². The van der Waals surface area contributed by atoms with Crippen molar-refractivity contribution in [2.24, 2.45) is 0 Å². The van der Waals surface area contributed by atoms with E-state index in [1.54, 1.807) is 12.1 Å². The van der Waals surface area contributed by atoms with Crippen LogP contribution in [0.3, 0.4) is 0 Å². The van der Waals surface area contributed by atoms with Gasteiger partial charge in [-0.1, -0.05) is 42.8 Å². The first kappa shape index (κ1) is 22.8. The summed E-state index contributed by atoms with van der Waals surface area (Å²) in [5.41, 5.74) is 2.25. The second-order valence-corrected chi connectivity index (χ2v) is 7.57. The molecule has 1 saturated heterocycles. The number of rotatable bonds is 8. The zero-order valence-electron chi connectivity index (χ0n) is 17.9. The van der Waals surface area contributed by atoms with Gasteiger partial charge in [-0.3, -0.25) is 9.59 Å². The van der Waals surface area contributed by atoms with E-state index in [-0.39, 0.29) is 24.5 Å². The molecule has 7 heteroatoms. The number of aliphatic hydroxyl groups excluding tert-OH is 1. The number of ketones is 1. The molecule has 2 aromatic rings. The van der Waals surface area contributed by atoms with Crippen molar-refractivity contribution in [3.63, 3.8) is 0 Å². The molecule has 1 atom stereocenters. The van der Waals surface area contributed by atoms with E-state index in [0.29, 0.717) is 22.9 Å². The first-order valence-corrected chi connectivity index (χ1v) is 10.6. The van der Waals surface area contributed by atoms with Crippen LogP contribution in [0.15, 0.2) is 48.0 Å². The molecule has 164 valence electrons. The molecule has 0 bridgehead atoms. The van der Waals surface area contributed by atoms with Crippen LogP contribution in [0.2, 0.25) is 5.02 Å². The number of likely N-dealkylation sites (tertiary alicyclic amines) is 1. The van der Waals surface area contributed by atoms with E-state index < -0.39 is 17.7 Å². The molecule has 1 amide bonds. The summed E-state index contributed by atoms with van der Waals surface area (Å²) in [5.74, 6) is -1.19. The van der Waals surface area contributed by atoms with Crippen LogP contribution in [0.4, 0.5) is 0 Å². The number of aliphatic hydroxyl groups is 1. The number of halogens is 1. The second-order valence-electron chi connectivity index (χ2n) is 7.16. The molecule has 1 aliphatic rings. The Morgan fingerprint density at radius 1 is 1.13 bits per heavy atom. The van der Waals surface area contributed by atoms with Gasteiger partial charge in [0, 0.05) is 19.2 Å². The fraction of sp³-hybridized carbons (Fsp3) is 0.333. The van der Waals surface area contributed by atoms with Crippen molar-refractivity contribution in [2.45, 2.75) is 26.3 Å². The molecule has 1 heterocycles. The van der Waals surface area contributed by atoms with E-state index in [1.807, 2.05) is 31.2 Å². The van der Waals surface area contributed by atoms with Crippen molar-refractivity contribution >= 4 is 29.1 Å². The lowest BCUT2D eigenvalue weighted by Gasteiger charge is -2.25. The first-order chi connectivity index (χ1) is 14.9. The van der Waals surface area contributed by atoms with Gasteiger partial charge in [-0.15, -0.1) is 0 Å². The van der Waals surface area contributed by atoms with Crippen LogP contribution >= 0.6 is 11.6 Å². The maximum atomic E-state index is 12.9. The molecule has 6 nitrogen and oxygen atoms in total. The van der Waals surface area contributed by atoms with E-state index >= 15 is 0 Å². The summed E-state index contributed by atoms with van der Waals surface area (Å²) in [6.45, 7) is 4.84. The lowest BCUT2D eigenvalue weighted by molar-refractivity contribution is -0.140. The molecule has 0 saturated carbocycles. The van der Waals surface area contributed by atoms with Crippen molar-refractivity contribution < 1.29 is 24.2 Å². The average molecular weight is 444 g/mol. The van der Waals surface area contributed by atoms with Gasteiger partial charge in [-0.05, 0) is 42.7 Å². The minimum absolute atomic E-state index is 0.0329. The van der Waals surface area contributed by atoms with Gasteiger partial charge in [0.15, 0.2) is 0 Å². The highest BCUT2D eigenvalue weighted by Crippen LogP contribution is 2.40. The Morgan fingerprint density at radius 3 is 2.42 bits per heavy atom. The number of nitrogens with zero attached hydrogens (tertiary/aromatic N) is 1. The van der Waals surface area contributed by atoms with Gasteiger partial charge in [-0.2, -0.15) is 0 Å². The minimum Gasteiger partial charge on any atom is -0.507 e. The molecule has 0 aromatic heterocycles. The van der Waals surface area contributed by atoms with Crippen LogP contribution in [0.25, 0.3) is 5.76 Å². The zero-order chi connectivity index (χ0) is 22.5. The Labute approximate surface area is 187 Å². The molecule has 0 radical (unpaired) electrons. The number of carbonyl (C=O) groups is 2. The summed E-state index contributed by atoms with van der Waals surface area (Å²) in [6.07, 6.45) is 0.870. The van der Waals surface area contributed by atoms with Crippen LogP contribution in [-0.2, 0) is 20.7 Å². The third-order valence-electron chi connectivity index (χ3n) is 5.29. The smallest absolute Gasteiger partial charge is 0.295 e. The Morgan fingerprint density at radius 2 is 1.84 bits per heavy atom. The Kier molecular flexibility index (Phi) is 7.36. The van der Waals surface area contributed by atoms with Gasteiger partial charge in [-0.25, -0.2) is 0 Å². The molecule has 2 aromatic carbocycles. The predicted octanol–water partition coefficient (Wildman–Crippen LogP) is 4.37. The minimum atomic E-state index is -0.733. The van der Waals surface area contributed by atoms with Gasteiger partial charge in [0.05, 0.1) is 29.9 Å². The molecule has 0 aliphatic carbocycles. The van der Waals surface area contributed by atoms with Gasteiger partial charge in [0.1, 0.15) is 11.5 Å². The number of hydrogen-bond acceptors (Lipinski definition) is 5. The molecule has 1 N–H and O–H groups in total. The normalized spacial score (nSPS) is 17.9. The van der Waals surface area contributed by atoms with Crippen LogP contribution < -0.4 is 4.74 Å². The molecule has 31 heavy (non-hydrogen) atoms. The highest BCUT2D eigenvalue weighted by molar-refractivity contribution is 6.46. The Bertz CT molecular complexity index is 1000. The maximum Gasteiger partial charge on any atom is 0.295 e. The SMILES string of the molecule is CCOc1ccc(/C(O)=C2\C(=O)C(=O)N(CCOC)C2c2ccc(CC)cc2)cc1Cl. The topological polar surface area (TPSA) is 76.1 Å². The van der Waals surface area contributed by atoms with Gasteiger partial charge < -0.3 is 19.5 Å². The summed E-state index contributed by atoms with van der Waals surface area (Å²) >= 11 is 6.27. The van der Waals surface area contributed by atoms with Crippen LogP contribution in [-0.4, -0.2) is 48.6 Å². The standard InChI is InChI=1S/C24H26ClNO5/c1-4-15-6-8-16(9-7-15)21-20(23(28)24(29)26(21)12-13-30-3)22(27)17-10-11-19(31-5-2)18(25)14-17/h6-11,14,21,27H,4-5,12-13H2,1-3H3/b22-20+. The summed E-state index contributed by atoms with van der Waals surface area (Å²) in [4.78, 5) is 27.2. The fourth-order valence-electron chi connectivity index (χ4n) is 3.66. The number of aryl methyl sites for hydroxylation is 1.